The quantitative estimate of drug-likeness (QED) is 0.691. The number of para-hydroxylation sites is 1. The zero-order chi connectivity index (χ0) is 15.8. The maximum Gasteiger partial charge on any atom is 0.356 e. The van der Waals surface area contributed by atoms with Gasteiger partial charge in [0.15, 0.2) is 6.10 Å². The molecule has 1 aromatic heterocycles. The highest BCUT2D eigenvalue weighted by Gasteiger charge is 2.36. The van der Waals surface area contributed by atoms with Crippen molar-refractivity contribution in [3.63, 3.8) is 0 Å². The molecule has 0 aliphatic carbocycles. The van der Waals surface area contributed by atoms with E-state index in [1.807, 2.05) is 66.2 Å². The van der Waals surface area contributed by atoms with Crippen LogP contribution in [0.3, 0.4) is 0 Å². The van der Waals surface area contributed by atoms with Crippen LogP contribution < -0.4 is 0 Å². The molecule has 0 saturated carbocycles. The summed E-state index contributed by atoms with van der Waals surface area (Å²) in [7, 11) is 1.90. The second-order valence-corrected chi connectivity index (χ2v) is 5.73. The van der Waals surface area contributed by atoms with Crippen molar-refractivity contribution in [3.8, 4) is 0 Å². The van der Waals surface area contributed by atoms with Crippen molar-refractivity contribution < 1.29 is 14.3 Å². The van der Waals surface area contributed by atoms with E-state index in [0.717, 1.165) is 22.0 Å². The third-order valence-electron chi connectivity index (χ3n) is 4.29. The predicted octanol–water partition coefficient (Wildman–Crippen LogP) is 3.61. The van der Waals surface area contributed by atoms with Crippen molar-refractivity contribution in [2.75, 3.05) is 6.61 Å². The minimum Gasteiger partial charge on any atom is -0.450 e. The van der Waals surface area contributed by atoms with Crippen LogP contribution in [0.1, 0.15) is 27.7 Å². The smallest absolute Gasteiger partial charge is 0.356 e. The molecule has 1 unspecified atom stereocenters. The van der Waals surface area contributed by atoms with Gasteiger partial charge < -0.3 is 14.0 Å². The van der Waals surface area contributed by atoms with Crippen LogP contribution in [0.4, 0.5) is 0 Å². The van der Waals surface area contributed by atoms with Gasteiger partial charge in [-0.05, 0) is 11.6 Å². The van der Waals surface area contributed by atoms with Crippen molar-refractivity contribution in [1.29, 1.82) is 0 Å². The Morgan fingerprint density at radius 1 is 1.09 bits per heavy atom. The highest BCUT2D eigenvalue weighted by molar-refractivity contribution is 6.02. The molecule has 0 bridgehead atoms. The van der Waals surface area contributed by atoms with Gasteiger partial charge in [0.2, 0.25) is 0 Å². The molecule has 0 fully saturated rings. The molecule has 2 heterocycles. The maximum absolute atomic E-state index is 12.2. The summed E-state index contributed by atoms with van der Waals surface area (Å²) in [4.78, 5) is 12.2. The molecule has 0 N–H and O–H groups in total. The SMILES string of the molecule is Cn1c2c(c3ccccc31)C(COCc1ccccc1)OC2=O. The van der Waals surface area contributed by atoms with Gasteiger partial charge in [-0.15, -0.1) is 0 Å². The fourth-order valence-electron chi connectivity index (χ4n) is 3.21. The minimum absolute atomic E-state index is 0.271. The van der Waals surface area contributed by atoms with E-state index in [9.17, 15) is 4.79 Å². The predicted molar refractivity (Wildman–Crippen MR) is 87.2 cm³/mol. The van der Waals surface area contributed by atoms with Gasteiger partial charge in [0.25, 0.3) is 0 Å². The highest BCUT2D eigenvalue weighted by Crippen LogP contribution is 2.38. The number of hydrogen-bond donors (Lipinski definition) is 0. The van der Waals surface area contributed by atoms with Gasteiger partial charge in [0.05, 0.1) is 13.2 Å². The Morgan fingerprint density at radius 3 is 2.65 bits per heavy atom. The number of aryl methyl sites for hydroxylation is 1. The lowest BCUT2D eigenvalue weighted by molar-refractivity contribution is 0.000257. The zero-order valence-corrected chi connectivity index (χ0v) is 12.9. The van der Waals surface area contributed by atoms with E-state index in [1.165, 1.54) is 0 Å². The van der Waals surface area contributed by atoms with Crippen molar-refractivity contribution >= 4 is 16.9 Å². The molecule has 4 nitrogen and oxygen atoms in total. The first-order chi connectivity index (χ1) is 11.3. The molecule has 23 heavy (non-hydrogen) atoms. The highest BCUT2D eigenvalue weighted by atomic mass is 16.6. The second-order valence-electron chi connectivity index (χ2n) is 5.73. The van der Waals surface area contributed by atoms with Gasteiger partial charge >= 0.3 is 5.97 Å². The van der Waals surface area contributed by atoms with Gasteiger partial charge in [-0.2, -0.15) is 0 Å². The average Bonchev–Trinajstić information content (AvgIpc) is 3.06. The number of cyclic esters (lactones) is 1. The summed E-state index contributed by atoms with van der Waals surface area (Å²) in [6.45, 7) is 0.872. The van der Waals surface area contributed by atoms with E-state index in [1.54, 1.807) is 0 Å². The number of carbonyl (C=O) groups is 1. The lowest BCUT2D eigenvalue weighted by atomic mass is 10.1. The van der Waals surface area contributed by atoms with Crippen LogP contribution in [0.5, 0.6) is 0 Å². The van der Waals surface area contributed by atoms with E-state index in [2.05, 4.69) is 0 Å². The number of aromatic nitrogens is 1. The molecule has 4 heteroatoms. The Labute approximate surface area is 134 Å². The number of fused-ring (bicyclic) bond motifs is 3. The molecule has 0 saturated heterocycles. The van der Waals surface area contributed by atoms with Crippen molar-refractivity contribution in [1.82, 2.24) is 4.57 Å². The third kappa shape index (κ3) is 2.32. The summed E-state index contributed by atoms with van der Waals surface area (Å²) in [6.07, 6.45) is -0.340. The molecule has 1 aliphatic rings. The molecule has 116 valence electrons. The van der Waals surface area contributed by atoms with Gasteiger partial charge in [-0.3, -0.25) is 0 Å². The normalized spacial score (nSPS) is 16.6. The molecule has 0 amide bonds. The monoisotopic (exact) mass is 307 g/mol. The lowest BCUT2D eigenvalue weighted by Gasteiger charge is -2.12. The summed E-state index contributed by atoms with van der Waals surface area (Å²) in [5.74, 6) is -0.271. The van der Waals surface area contributed by atoms with Gasteiger partial charge in [-0.1, -0.05) is 48.5 Å². The standard InChI is InChI=1S/C19H17NO3/c1-20-15-10-6-5-9-14(15)17-16(23-19(21)18(17)20)12-22-11-13-7-3-2-4-8-13/h2-10,16H,11-12H2,1H3. The Hall–Kier alpha value is -2.59. The number of carbonyl (C=O) groups excluding carboxylic acids is 1. The first-order valence-corrected chi connectivity index (χ1v) is 7.65. The van der Waals surface area contributed by atoms with E-state index in [0.29, 0.717) is 18.9 Å². The van der Waals surface area contributed by atoms with Crippen LogP contribution in [0.2, 0.25) is 0 Å². The number of esters is 1. The van der Waals surface area contributed by atoms with Crippen LogP contribution in [0.15, 0.2) is 54.6 Å². The minimum atomic E-state index is -0.340. The first kappa shape index (κ1) is 14.0. The van der Waals surface area contributed by atoms with Crippen LogP contribution >= 0.6 is 0 Å². The van der Waals surface area contributed by atoms with Crippen LogP contribution in [-0.2, 0) is 23.1 Å². The Bertz CT molecular complexity index is 867. The Morgan fingerprint density at radius 2 is 1.83 bits per heavy atom. The number of rotatable bonds is 4. The third-order valence-corrected chi connectivity index (χ3v) is 4.29. The molecular weight excluding hydrogens is 290 g/mol. The molecule has 4 rings (SSSR count). The molecule has 0 radical (unpaired) electrons. The molecule has 0 spiro atoms. The van der Waals surface area contributed by atoms with Gasteiger partial charge in [0, 0.05) is 23.5 Å². The number of benzene rings is 2. The summed E-state index contributed by atoms with van der Waals surface area (Å²) in [5.41, 5.74) is 3.73. The van der Waals surface area contributed by atoms with E-state index < -0.39 is 0 Å². The number of nitrogens with zero attached hydrogens (tertiary/aromatic N) is 1. The summed E-state index contributed by atoms with van der Waals surface area (Å²) in [6, 6.07) is 18.0. The van der Waals surface area contributed by atoms with Crippen molar-refractivity contribution in [2.24, 2.45) is 7.05 Å². The molecule has 1 aliphatic heterocycles. The topological polar surface area (TPSA) is 40.5 Å². The molecule has 1 atom stereocenters. The van der Waals surface area contributed by atoms with Crippen LogP contribution in [0.25, 0.3) is 10.9 Å². The fourth-order valence-corrected chi connectivity index (χ4v) is 3.21. The van der Waals surface area contributed by atoms with E-state index >= 15 is 0 Å². The average molecular weight is 307 g/mol. The maximum atomic E-state index is 12.2. The summed E-state index contributed by atoms with van der Waals surface area (Å²) in [5, 5.41) is 1.06. The molecule has 3 aromatic rings. The second kappa shape index (κ2) is 5.56. The molecular formula is C19H17NO3. The number of hydrogen-bond acceptors (Lipinski definition) is 3. The first-order valence-electron chi connectivity index (χ1n) is 7.65. The Kier molecular flexibility index (Phi) is 3.39. The van der Waals surface area contributed by atoms with Crippen LogP contribution in [0, 0.1) is 0 Å². The largest absolute Gasteiger partial charge is 0.450 e. The van der Waals surface area contributed by atoms with Crippen molar-refractivity contribution in [2.45, 2.75) is 12.7 Å². The summed E-state index contributed by atoms with van der Waals surface area (Å²) < 4.78 is 13.2. The van der Waals surface area contributed by atoms with E-state index in [-0.39, 0.29) is 12.1 Å². The fraction of sp³-hybridized carbons (Fsp3) is 0.211. The molecule has 2 aromatic carbocycles. The number of ether oxygens (including phenoxy) is 2. The summed E-state index contributed by atoms with van der Waals surface area (Å²) >= 11 is 0. The van der Waals surface area contributed by atoms with Crippen molar-refractivity contribution in [3.05, 3.63) is 71.4 Å². The van der Waals surface area contributed by atoms with Crippen LogP contribution in [-0.4, -0.2) is 17.1 Å². The Balaban J connectivity index is 1.59. The zero-order valence-electron chi connectivity index (χ0n) is 12.9. The van der Waals surface area contributed by atoms with E-state index in [4.69, 9.17) is 9.47 Å². The van der Waals surface area contributed by atoms with Gasteiger partial charge in [0.1, 0.15) is 5.69 Å². The van der Waals surface area contributed by atoms with Gasteiger partial charge in [-0.25, -0.2) is 4.79 Å². The lowest BCUT2D eigenvalue weighted by Crippen LogP contribution is -2.09.